The normalized spacial score (nSPS) is 19.6. The summed E-state index contributed by atoms with van der Waals surface area (Å²) in [5.41, 5.74) is 7.15. The highest BCUT2D eigenvalue weighted by atomic mass is 35.5. The fourth-order valence-electron chi connectivity index (χ4n) is 2.44. The lowest BCUT2D eigenvalue weighted by Crippen LogP contribution is -2.37. The number of hydrogen-bond donors (Lipinski definition) is 1. The Hall–Kier alpha value is -0.570. The van der Waals surface area contributed by atoms with Crippen molar-refractivity contribution in [3.8, 4) is 0 Å². The highest BCUT2D eigenvalue weighted by Crippen LogP contribution is 2.25. The standard InChI is InChI=1S/C13H19ClN2/c14-12-6-4-5-11(9-12)13(10-15)16-7-2-1-3-8-16/h4-6,9,13H,1-3,7-8,10,15H2/t13-/m0/s1. The third-order valence-electron chi connectivity index (χ3n) is 3.29. The largest absolute Gasteiger partial charge is 0.329 e. The zero-order valence-corrected chi connectivity index (χ0v) is 10.3. The Bertz CT molecular complexity index is 334. The monoisotopic (exact) mass is 238 g/mol. The fourth-order valence-corrected chi connectivity index (χ4v) is 2.64. The second-order valence-electron chi connectivity index (χ2n) is 4.40. The molecule has 1 aliphatic rings. The second-order valence-corrected chi connectivity index (χ2v) is 4.84. The average molecular weight is 239 g/mol. The first-order valence-electron chi connectivity index (χ1n) is 6.01. The number of hydrogen-bond acceptors (Lipinski definition) is 2. The Morgan fingerprint density at radius 2 is 2.00 bits per heavy atom. The molecule has 1 aromatic rings. The number of nitrogens with two attached hydrogens (primary N) is 1. The van der Waals surface area contributed by atoms with Crippen molar-refractivity contribution in [3.05, 3.63) is 34.9 Å². The summed E-state index contributed by atoms with van der Waals surface area (Å²) in [6, 6.07) is 8.41. The van der Waals surface area contributed by atoms with E-state index < -0.39 is 0 Å². The Morgan fingerprint density at radius 1 is 1.25 bits per heavy atom. The smallest absolute Gasteiger partial charge is 0.0470 e. The third kappa shape index (κ3) is 2.76. The number of nitrogens with zero attached hydrogens (tertiary/aromatic N) is 1. The first-order valence-corrected chi connectivity index (χ1v) is 6.38. The van der Waals surface area contributed by atoms with Crippen molar-refractivity contribution in [1.82, 2.24) is 4.90 Å². The van der Waals surface area contributed by atoms with Gasteiger partial charge in [-0.05, 0) is 43.6 Å². The van der Waals surface area contributed by atoms with Crippen LogP contribution in [0.3, 0.4) is 0 Å². The molecule has 1 saturated heterocycles. The van der Waals surface area contributed by atoms with Gasteiger partial charge in [0.1, 0.15) is 0 Å². The summed E-state index contributed by atoms with van der Waals surface area (Å²) < 4.78 is 0. The number of halogens is 1. The molecule has 0 aliphatic carbocycles. The van der Waals surface area contributed by atoms with Crippen LogP contribution < -0.4 is 5.73 Å². The number of likely N-dealkylation sites (tertiary alicyclic amines) is 1. The van der Waals surface area contributed by atoms with E-state index in [0.717, 1.165) is 18.1 Å². The molecule has 0 spiro atoms. The van der Waals surface area contributed by atoms with Gasteiger partial charge < -0.3 is 5.73 Å². The summed E-state index contributed by atoms with van der Waals surface area (Å²) in [6.45, 7) is 2.99. The number of benzene rings is 1. The van der Waals surface area contributed by atoms with Gasteiger partial charge in [-0.3, -0.25) is 4.90 Å². The van der Waals surface area contributed by atoms with Gasteiger partial charge in [-0.2, -0.15) is 0 Å². The molecule has 0 bridgehead atoms. The van der Waals surface area contributed by atoms with Crippen molar-refractivity contribution in [2.75, 3.05) is 19.6 Å². The fraction of sp³-hybridized carbons (Fsp3) is 0.538. The van der Waals surface area contributed by atoms with Crippen molar-refractivity contribution in [3.63, 3.8) is 0 Å². The Balaban J connectivity index is 2.14. The topological polar surface area (TPSA) is 29.3 Å². The van der Waals surface area contributed by atoms with E-state index in [4.69, 9.17) is 17.3 Å². The van der Waals surface area contributed by atoms with Crippen LogP contribution in [0.2, 0.25) is 5.02 Å². The lowest BCUT2D eigenvalue weighted by atomic mass is 10.0. The van der Waals surface area contributed by atoms with Crippen LogP contribution in [0.25, 0.3) is 0 Å². The minimum absolute atomic E-state index is 0.332. The lowest BCUT2D eigenvalue weighted by molar-refractivity contribution is 0.167. The average Bonchev–Trinajstić information content (AvgIpc) is 2.31. The van der Waals surface area contributed by atoms with E-state index in [2.05, 4.69) is 11.0 Å². The van der Waals surface area contributed by atoms with Gasteiger partial charge in [0.25, 0.3) is 0 Å². The zero-order chi connectivity index (χ0) is 11.4. The van der Waals surface area contributed by atoms with Gasteiger partial charge in [0.15, 0.2) is 0 Å². The minimum atomic E-state index is 0.332. The van der Waals surface area contributed by atoms with Crippen molar-refractivity contribution in [2.24, 2.45) is 5.73 Å². The molecule has 16 heavy (non-hydrogen) atoms. The van der Waals surface area contributed by atoms with Gasteiger partial charge in [-0.1, -0.05) is 30.2 Å². The summed E-state index contributed by atoms with van der Waals surface area (Å²) in [7, 11) is 0. The summed E-state index contributed by atoms with van der Waals surface area (Å²) >= 11 is 6.03. The molecular formula is C13H19ClN2. The van der Waals surface area contributed by atoms with Crippen molar-refractivity contribution < 1.29 is 0 Å². The summed E-state index contributed by atoms with van der Waals surface area (Å²) in [5, 5.41) is 0.799. The first kappa shape index (κ1) is 11.9. The molecule has 1 aliphatic heterocycles. The lowest BCUT2D eigenvalue weighted by Gasteiger charge is -2.34. The van der Waals surface area contributed by atoms with E-state index >= 15 is 0 Å². The third-order valence-corrected chi connectivity index (χ3v) is 3.52. The van der Waals surface area contributed by atoms with Crippen LogP contribution in [0, 0.1) is 0 Å². The molecular weight excluding hydrogens is 220 g/mol. The van der Waals surface area contributed by atoms with Crippen molar-refractivity contribution in [2.45, 2.75) is 25.3 Å². The second kappa shape index (κ2) is 5.67. The quantitative estimate of drug-likeness (QED) is 0.878. The predicted molar refractivity (Wildman–Crippen MR) is 68.7 cm³/mol. The SMILES string of the molecule is NC[C@@H](c1cccc(Cl)c1)N1CCCCC1. The first-order chi connectivity index (χ1) is 7.81. The molecule has 1 heterocycles. The van der Waals surface area contributed by atoms with Crippen LogP contribution in [0.1, 0.15) is 30.9 Å². The van der Waals surface area contributed by atoms with Gasteiger partial charge in [-0.15, -0.1) is 0 Å². The van der Waals surface area contributed by atoms with E-state index in [1.54, 1.807) is 0 Å². The van der Waals surface area contributed by atoms with Crippen LogP contribution in [0.15, 0.2) is 24.3 Å². The van der Waals surface area contributed by atoms with Crippen LogP contribution in [0.5, 0.6) is 0 Å². The van der Waals surface area contributed by atoms with Gasteiger partial charge in [0.2, 0.25) is 0 Å². The van der Waals surface area contributed by atoms with Crippen LogP contribution in [-0.2, 0) is 0 Å². The molecule has 1 fully saturated rings. The summed E-state index contributed by atoms with van der Waals surface area (Å²) in [5.74, 6) is 0. The molecule has 1 atom stereocenters. The van der Waals surface area contributed by atoms with Gasteiger partial charge in [-0.25, -0.2) is 0 Å². The molecule has 3 heteroatoms. The Kier molecular flexibility index (Phi) is 4.22. The van der Waals surface area contributed by atoms with E-state index in [9.17, 15) is 0 Å². The molecule has 1 aromatic carbocycles. The van der Waals surface area contributed by atoms with Crippen molar-refractivity contribution in [1.29, 1.82) is 0 Å². The maximum absolute atomic E-state index is 6.03. The number of rotatable bonds is 3. The Morgan fingerprint density at radius 3 is 2.62 bits per heavy atom. The summed E-state index contributed by atoms with van der Waals surface area (Å²) in [6.07, 6.45) is 3.93. The predicted octanol–water partition coefficient (Wildman–Crippen LogP) is 2.83. The maximum Gasteiger partial charge on any atom is 0.0470 e. The molecule has 0 amide bonds. The van der Waals surface area contributed by atoms with Gasteiger partial charge >= 0.3 is 0 Å². The van der Waals surface area contributed by atoms with E-state index in [1.807, 2.05) is 18.2 Å². The van der Waals surface area contributed by atoms with E-state index in [1.165, 1.54) is 24.8 Å². The maximum atomic E-state index is 6.03. The van der Waals surface area contributed by atoms with E-state index in [0.29, 0.717) is 12.6 Å². The van der Waals surface area contributed by atoms with E-state index in [-0.39, 0.29) is 0 Å². The molecule has 0 unspecified atom stereocenters. The molecule has 0 saturated carbocycles. The van der Waals surface area contributed by atoms with Gasteiger partial charge in [0, 0.05) is 17.6 Å². The zero-order valence-electron chi connectivity index (χ0n) is 9.53. The molecule has 2 N–H and O–H groups in total. The van der Waals surface area contributed by atoms with Gasteiger partial charge in [0.05, 0.1) is 0 Å². The number of piperidine rings is 1. The minimum Gasteiger partial charge on any atom is -0.329 e. The van der Waals surface area contributed by atoms with Crippen LogP contribution in [-0.4, -0.2) is 24.5 Å². The van der Waals surface area contributed by atoms with Crippen LogP contribution >= 0.6 is 11.6 Å². The Labute approximate surface area is 102 Å². The molecule has 2 nitrogen and oxygen atoms in total. The molecule has 0 radical (unpaired) electrons. The summed E-state index contributed by atoms with van der Waals surface area (Å²) in [4.78, 5) is 2.48. The van der Waals surface area contributed by atoms with Crippen molar-refractivity contribution >= 4 is 11.6 Å². The highest BCUT2D eigenvalue weighted by Gasteiger charge is 2.20. The molecule has 0 aromatic heterocycles. The molecule has 88 valence electrons. The van der Waals surface area contributed by atoms with Crippen LogP contribution in [0.4, 0.5) is 0 Å². The molecule has 2 rings (SSSR count). The highest BCUT2D eigenvalue weighted by molar-refractivity contribution is 6.30.